The van der Waals surface area contributed by atoms with Crippen LogP contribution in [0.2, 0.25) is 0 Å². The summed E-state index contributed by atoms with van der Waals surface area (Å²) in [7, 11) is 0. The molecule has 21 heavy (non-hydrogen) atoms. The number of unbranched alkanes of at least 4 members (excludes halogenated alkanes) is 2. The summed E-state index contributed by atoms with van der Waals surface area (Å²) >= 11 is 5.38. The van der Waals surface area contributed by atoms with Gasteiger partial charge in [0.1, 0.15) is 6.04 Å². The summed E-state index contributed by atoms with van der Waals surface area (Å²) in [5.41, 5.74) is 0.888. The van der Waals surface area contributed by atoms with Gasteiger partial charge < -0.3 is 10.4 Å². The Kier molecular flexibility index (Phi) is 11.3. The van der Waals surface area contributed by atoms with E-state index in [1.54, 1.807) is 0 Å². The Morgan fingerprint density at radius 3 is 2.24 bits per heavy atom. The standard InChI is InChI=1S/C11H13NO3.C5H11Cl/c1-8(13)12-10(11(14)15)7-9-5-3-2-4-6-9;1-2-3-4-5-6/h2-6,10H,7H2,1H3,(H,12,13)(H,14,15);2-5H2,1H3. The highest BCUT2D eigenvalue weighted by molar-refractivity contribution is 6.17. The number of halogens is 1. The Balaban J connectivity index is 0.000000567. The van der Waals surface area contributed by atoms with Crippen LogP contribution in [0.1, 0.15) is 38.7 Å². The number of aliphatic carboxylic acids is 1. The molecule has 2 N–H and O–H groups in total. The van der Waals surface area contributed by atoms with Gasteiger partial charge in [0, 0.05) is 19.2 Å². The Morgan fingerprint density at radius 1 is 1.24 bits per heavy atom. The maximum absolute atomic E-state index is 10.8. The van der Waals surface area contributed by atoms with Crippen LogP contribution in [-0.2, 0) is 16.0 Å². The van der Waals surface area contributed by atoms with Gasteiger partial charge in [0.15, 0.2) is 0 Å². The fraction of sp³-hybridized carbons (Fsp3) is 0.500. The fourth-order valence-corrected chi connectivity index (χ4v) is 1.83. The van der Waals surface area contributed by atoms with E-state index in [1.165, 1.54) is 26.2 Å². The molecule has 118 valence electrons. The van der Waals surface area contributed by atoms with Crippen LogP contribution in [0.25, 0.3) is 0 Å². The second kappa shape index (κ2) is 12.2. The molecule has 1 rings (SSSR count). The van der Waals surface area contributed by atoms with Crippen molar-refractivity contribution >= 4 is 23.5 Å². The lowest BCUT2D eigenvalue weighted by atomic mass is 10.1. The highest BCUT2D eigenvalue weighted by Gasteiger charge is 2.18. The second-order valence-corrected chi connectivity index (χ2v) is 5.06. The molecule has 1 unspecified atom stereocenters. The second-order valence-electron chi connectivity index (χ2n) is 4.68. The van der Waals surface area contributed by atoms with Crippen molar-refractivity contribution < 1.29 is 14.7 Å². The Hall–Kier alpha value is -1.55. The summed E-state index contributed by atoms with van der Waals surface area (Å²) in [5.74, 6) is -0.527. The molecule has 1 aromatic carbocycles. The molecule has 1 atom stereocenters. The first kappa shape index (κ1) is 19.4. The highest BCUT2D eigenvalue weighted by Crippen LogP contribution is 2.03. The molecule has 0 spiro atoms. The number of amides is 1. The summed E-state index contributed by atoms with van der Waals surface area (Å²) in [6.07, 6.45) is 4.03. The fourth-order valence-electron chi connectivity index (χ4n) is 1.64. The highest BCUT2D eigenvalue weighted by atomic mass is 35.5. The van der Waals surface area contributed by atoms with Crippen LogP contribution < -0.4 is 5.32 Å². The number of hydrogen-bond donors (Lipinski definition) is 2. The lowest BCUT2D eigenvalue weighted by molar-refractivity contribution is -0.141. The smallest absolute Gasteiger partial charge is 0.326 e. The van der Waals surface area contributed by atoms with Crippen molar-refractivity contribution in [3.63, 3.8) is 0 Å². The number of carbonyl (C=O) groups excluding carboxylic acids is 1. The predicted molar refractivity (Wildman–Crippen MR) is 85.6 cm³/mol. The molecule has 0 saturated carbocycles. The molecular weight excluding hydrogens is 290 g/mol. The van der Waals surface area contributed by atoms with E-state index >= 15 is 0 Å². The number of benzene rings is 1. The van der Waals surface area contributed by atoms with Crippen molar-refractivity contribution in [1.29, 1.82) is 0 Å². The molecule has 1 aromatic rings. The van der Waals surface area contributed by atoms with Crippen molar-refractivity contribution in [3.05, 3.63) is 35.9 Å². The third-order valence-electron chi connectivity index (χ3n) is 2.70. The van der Waals surface area contributed by atoms with Crippen LogP contribution in [0.5, 0.6) is 0 Å². The van der Waals surface area contributed by atoms with Crippen LogP contribution >= 0.6 is 11.6 Å². The number of hydrogen-bond acceptors (Lipinski definition) is 2. The normalized spacial score (nSPS) is 11.0. The topological polar surface area (TPSA) is 66.4 Å². The lowest BCUT2D eigenvalue weighted by Gasteiger charge is -2.12. The van der Waals surface area contributed by atoms with E-state index in [-0.39, 0.29) is 5.91 Å². The molecule has 0 fully saturated rings. The van der Waals surface area contributed by atoms with Gasteiger partial charge in [-0.05, 0) is 12.0 Å². The molecule has 0 aliphatic rings. The zero-order valence-corrected chi connectivity index (χ0v) is 13.4. The number of carbonyl (C=O) groups is 2. The number of carboxylic acid groups (broad SMARTS) is 1. The first-order chi connectivity index (χ1) is 10.0. The zero-order valence-electron chi connectivity index (χ0n) is 12.6. The average Bonchev–Trinajstić information content (AvgIpc) is 2.45. The maximum atomic E-state index is 10.8. The van der Waals surface area contributed by atoms with Crippen LogP contribution in [0, 0.1) is 0 Å². The van der Waals surface area contributed by atoms with Gasteiger partial charge in [-0.1, -0.05) is 50.1 Å². The molecule has 0 aliphatic heterocycles. The summed E-state index contributed by atoms with van der Waals surface area (Å²) in [6.45, 7) is 3.48. The van der Waals surface area contributed by atoms with Gasteiger partial charge in [-0.15, -0.1) is 11.6 Å². The first-order valence-electron chi connectivity index (χ1n) is 7.11. The summed E-state index contributed by atoms with van der Waals surface area (Å²) in [4.78, 5) is 21.6. The van der Waals surface area contributed by atoms with Crippen molar-refractivity contribution in [2.75, 3.05) is 5.88 Å². The van der Waals surface area contributed by atoms with E-state index < -0.39 is 12.0 Å². The van der Waals surface area contributed by atoms with Crippen LogP contribution in [0.4, 0.5) is 0 Å². The molecule has 0 heterocycles. The molecule has 5 heteroatoms. The van der Waals surface area contributed by atoms with Crippen LogP contribution in [0.3, 0.4) is 0 Å². The summed E-state index contributed by atoms with van der Waals surface area (Å²) in [5, 5.41) is 11.3. The van der Waals surface area contributed by atoms with Gasteiger partial charge in [0.2, 0.25) is 5.91 Å². The number of nitrogens with one attached hydrogen (secondary N) is 1. The van der Waals surface area contributed by atoms with Crippen molar-refractivity contribution in [2.24, 2.45) is 0 Å². The van der Waals surface area contributed by atoms with E-state index in [0.717, 1.165) is 11.4 Å². The van der Waals surface area contributed by atoms with Gasteiger partial charge in [-0.25, -0.2) is 4.79 Å². The number of carboxylic acids is 1. The van der Waals surface area contributed by atoms with Crippen molar-refractivity contribution in [1.82, 2.24) is 5.32 Å². The summed E-state index contributed by atoms with van der Waals surface area (Å²) in [6, 6.07) is 8.34. The molecule has 1 amide bonds. The van der Waals surface area contributed by atoms with Crippen LogP contribution in [0.15, 0.2) is 30.3 Å². The Bertz CT molecular complexity index is 405. The van der Waals surface area contributed by atoms with E-state index in [1.807, 2.05) is 30.3 Å². The molecule has 0 bridgehead atoms. The third-order valence-corrected chi connectivity index (χ3v) is 2.96. The zero-order chi connectivity index (χ0) is 16.1. The summed E-state index contributed by atoms with van der Waals surface area (Å²) < 4.78 is 0. The minimum absolute atomic E-state index is 0.301. The van der Waals surface area contributed by atoms with Gasteiger partial charge in [-0.2, -0.15) is 0 Å². The minimum atomic E-state index is -1.02. The SMILES string of the molecule is CC(=O)NC(Cc1ccccc1)C(=O)O.CCCCCCl. The van der Waals surface area contributed by atoms with Gasteiger partial charge in [0.05, 0.1) is 0 Å². The molecule has 0 radical (unpaired) electrons. The van der Waals surface area contributed by atoms with Gasteiger partial charge in [-0.3, -0.25) is 4.79 Å². The van der Waals surface area contributed by atoms with E-state index in [9.17, 15) is 9.59 Å². The Labute approximate surface area is 131 Å². The first-order valence-corrected chi connectivity index (χ1v) is 7.64. The molecule has 0 aliphatic carbocycles. The van der Waals surface area contributed by atoms with Gasteiger partial charge in [0.25, 0.3) is 0 Å². The van der Waals surface area contributed by atoms with E-state index in [2.05, 4.69) is 12.2 Å². The van der Waals surface area contributed by atoms with E-state index in [4.69, 9.17) is 16.7 Å². The average molecular weight is 314 g/mol. The Morgan fingerprint density at radius 2 is 1.86 bits per heavy atom. The molecule has 0 aromatic heterocycles. The van der Waals surface area contributed by atoms with Crippen molar-refractivity contribution in [2.45, 2.75) is 45.6 Å². The molecule has 0 saturated heterocycles. The largest absolute Gasteiger partial charge is 0.480 e. The molecular formula is C16H24ClNO3. The minimum Gasteiger partial charge on any atom is -0.480 e. The van der Waals surface area contributed by atoms with Crippen molar-refractivity contribution in [3.8, 4) is 0 Å². The quantitative estimate of drug-likeness (QED) is 0.600. The maximum Gasteiger partial charge on any atom is 0.326 e. The van der Waals surface area contributed by atoms with E-state index in [0.29, 0.717) is 6.42 Å². The van der Waals surface area contributed by atoms with Crippen LogP contribution in [-0.4, -0.2) is 28.9 Å². The molecule has 4 nitrogen and oxygen atoms in total. The third kappa shape index (κ3) is 10.9. The van der Waals surface area contributed by atoms with Gasteiger partial charge >= 0.3 is 5.97 Å². The number of alkyl halides is 1. The number of rotatable bonds is 7. The predicted octanol–water partition coefficient (Wildman–Crippen LogP) is 3.23. The lowest BCUT2D eigenvalue weighted by Crippen LogP contribution is -2.41. The monoisotopic (exact) mass is 313 g/mol.